The van der Waals surface area contributed by atoms with Gasteiger partial charge in [-0.3, -0.25) is 4.90 Å². The maximum atomic E-state index is 15.7. The molecule has 3 aromatic carbocycles. The Bertz CT molecular complexity index is 1830. The van der Waals surface area contributed by atoms with Gasteiger partial charge in [0, 0.05) is 24.2 Å². The molecule has 1 N–H and O–H groups in total. The first-order chi connectivity index (χ1) is 24.1. The van der Waals surface area contributed by atoms with Crippen LogP contribution in [0.4, 0.5) is 10.1 Å². The number of hydrogen-bond acceptors (Lipinski definition) is 9. The van der Waals surface area contributed by atoms with Crippen LogP contribution in [0.15, 0.2) is 79.1 Å². The number of rotatable bonds is 12. The second kappa shape index (κ2) is 15.5. The highest BCUT2D eigenvalue weighted by molar-refractivity contribution is 6.35. The minimum atomic E-state index is -1.03. The summed E-state index contributed by atoms with van der Waals surface area (Å²) in [6.45, 7) is 2.73. The third kappa shape index (κ3) is 7.90. The van der Waals surface area contributed by atoms with Crippen LogP contribution in [-0.2, 0) is 20.7 Å². The Labute approximate surface area is 299 Å². The first-order valence-electron chi connectivity index (χ1n) is 16.2. The van der Waals surface area contributed by atoms with Crippen LogP contribution in [-0.4, -0.2) is 56.8 Å². The minimum Gasteiger partial charge on any atom is -0.619 e. The van der Waals surface area contributed by atoms with E-state index in [9.17, 15) is 14.8 Å². The predicted molar refractivity (Wildman–Crippen MR) is 185 cm³/mol. The SMILES string of the molecule is COc1ccc([C@H](Cc2c(Cl)c[n+]([O-])cc2Cl)OC(=O)c2ccc(NC(C(=O)O[C@H]3CN4CCC3CC4)c3ccccc3)cc2F)cc1OC. The van der Waals surface area contributed by atoms with Crippen molar-refractivity contribution in [2.24, 2.45) is 5.92 Å². The Hall–Kier alpha value is -4.58. The molecule has 3 aliphatic heterocycles. The summed E-state index contributed by atoms with van der Waals surface area (Å²) < 4.78 is 38.9. The number of nitrogens with one attached hydrogen (secondary N) is 1. The van der Waals surface area contributed by atoms with Crippen LogP contribution in [0, 0.1) is 16.9 Å². The largest absolute Gasteiger partial charge is 0.619 e. The molecule has 10 nitrogen and oxygen atoms in total. The van der Waals surface area contributed by atoms with Gasteiger partial charge >= 0.3 is 11.9 Å². The summed E-state index contributed by atoms with van der Waals surface area (Å²) >= 11 is 12.7. The highest BCUT2D eigenvalue weighted by Gasteiger charge is 2.38. The number of esters is 2. The summed E-state index contributed by atoms with van der Waals surface area (Å²) in [7, 11) is 2.95. The number of ether oxygens (including phenoxy) is 4. The molecule has 0 radical (unpaired) electrons. The summed E-state index contributed by atoms with van der Waals surface area (Å²) in [5, 5.41) is 15.1. The highest BCUT2D eigenvalue weighted by Crippen LogP contribution is 2.36. The molecule has 0 saturated carbocycles. The molecule has 0 amide bonds. The fraction of sp³-hybridized carbons (Fsp3) is 0.324. The lowest BCUT2D eigenvalue weighted by Gasteiger charge is -2.44. The average Bonchev–Trinajstić information content (AvgIpc) is 3.12. The van der Waals surface area contributed by atoms with Crippen molar-refractivity contribution in [1.29, 1.82) is 0 Å². The van der Waals surface area contributed by atoms with Crippen molar-refractivity contribution in [3.8, 4) is 11.5 Å². The topological polar surface area (TPSA) is 113 Å². The molecule has 1 aromatic heterocycles. The standard InChI is InChI=1S/C37H36Cl2FN3O7/c1-47-31-11-8-24(16-33(31)48-2)32(18-27-28(38)19-43(46)20-29(27)39)49-36(44)26-10-9-25(17-30(26)40)41-35(23-6-4-3-5-7-23)37(45)50-34-21-42-14-12-22(34)13-15-42/h3-11,16-17,19-20,22,32,34-35,41H,12-15,18,21H2,1-2H3/t32-,34-,35?/m0/s1. The highest BCUT2D eigenvalue weighted by atomic mass is 35.5. The number of methoxy groups -OCH3 is 2. The zero-order valence-electron chi connectivity index (χ0n) is 27.4. The van der Waals surface area contributed by atoms with E-state index < -0.39 is 29.9 Å². The lowest BCUT2D eigenvalue weighted by atomic mass is 9.86. The first kappa shape index (κ1) is 35.3. The molecule has 2 bridgehead atoms. The van der Waals surface area contributed by atoms with Crippen LogP contribution in [0.5, 0.6) is 11.5 Å². The zero-order chi connectivity index (χ0) is 35.4. The summed E-state index contributed by atoms with van der Waals surface area (Å²) in [6, 6.07) is 17.0. The number of nitrogens with zero attached hydrogens (tertiary/aromatic N) is 2. The number of fused-ring (bicyclic) bond motifs is 3. The number of aromatic nitrogens is 1. The smallest absolute Gasteiger partial charge is 0.341 e. The Kier molecular flexibility index (Phi) is 11.0. The Morgan fingerprint density at radius 2 is 1.66 bits per heavy atom. The summed E-state index contributed by atoms with van der Waals surface area (Å²) in [5.74, 6) is -1.15. The van der Waals surface area contributed by atoms with Crippen LogP contribution in [0.25, 0.3) is 0 Å². The van der Waals surface area contributed by atoms with E-state index in [1.54, 1.807) is 30.3 Å². The van der Waals surface area contributed by atoms with E-state index in [-0.39, 0.29) is 33.8 Å². The van der Waals surface area contributed by atoms with Gasteiger partial charge in [-0.1, -0.05) is 59.6 Å². The molecule has 3 atom stereocenters. The van der Waals surface area contributed by atoms with Crippen LogP contribution >= 0.6 is 23.2 Å². The molecule has 1 unspecified atom stereocenters. The predicted octanol–water partition coefficient (Wildman–Crippen LogP) is 6.71. The minimum absolute atomic E-state index is 0.0402. The van der Waals surface area contributed by atoms with Crippen molar-refractivity contribution in [3.05, 3.63) is 122 Å². The molecule has 3 aliphatic rings. The van der Waals surface area contributed by atoms with E-state index in [4.69, 9.17) is 42.1 Å². The molecule has 0 aliphatic carbocycles. The van der Waals surface area contributed by atoms with Crippen LogP contribution in [0.2, 0.25) is 10.0 Å². The van der Waals surface area contributed by atoms with Crippen LogP contribution in [0.3, 0.4) is 0 Å². The molecule has 3 saturated heterocycles. The van der Waals surface area contributed by atoms with Crippen LogP contribution in [0.1, 0.15) is 52.0 Å². The third-order valence-electron chi connectivity index (χ3n) is 9.21. The number of piperidine rings is 3. The number of carbonyl (C=O) groups excluding carboxylic acids is 2. The number of pyridine rings is 1. The van der Waals surface area contributed by atoms with E-state index in [1.165, 1.54) is 26.4 Å². The number of anilines is 1. The number of halogens is 3. The third-order valence-corrected chi connectivity index (χ3v) is 9.86. The number of hydrogen-bond donors (Lipinski definition) is 1. The molecule has 3 fully saturated rings. The van der Waals surface area contributed by atoms with Crippen molar-refractivity contribution >= 4 is 40.8 Å². The van der Waals surface area contributed by atoms with Gasteiger partial charge in [0.1, 0.15) is 28.1 Å². The Morgan fingerprint density at radius 3 is 2.28 bits per heavy atom. The van der Waals surface area contributed by atoms with Crippen molar-refractivity contribution in [1.82, 2.24) is 4.90 Å². The quantitative estimate of drug-likeness (QED) is 0.0968. The Morgan fingerprint density at radius 1 is 0.960 bits per heavy atom. The molecular weight excluding hydrogens is 688 g/mol. The van der Waals surface area contributed by atoms with Gasteiger partial charge in [0.15, 0.2) is 29.9 Å². The molecule has 4 aromatic rings. The fourth-order valence-electron chi connectivity index (χ4n) is 6.51. The zero-order valence-corrected chi connectivity index (χ0v) is 29.0. The monoisotopic (exact) mass is 723 g/mol. The molecule has 262 valence electrons. The van der Waals surface area contributed by atoms with E-state index in [2.05, 4.69) is 10.2 Å². The van der Waals surface area contributed by atoms with Gasteiger partial charge in [-0.05, 0) is 73.3 Å². The average molecular weight is 725 g/mol. The molecule has 0 spiro atoms. The van der Waals surface area contributed by atoms with Gasteiger partial charge in [0.05, 0.1) is 19.8 Å². The van der Waals surface area contributed by atoms with Gasteiger partial charge in [-0.25, -0.2) is 14.0 Å². The Balaban J connectivity index is 1.23. The van der Waals surface area contributed by atoms with Gasteiger partial charge < -0.3 is 29.5 Å². The number of carbonyl (C=O) groups is 2. The van der Waals surface area contributed by atoms with Crippen molar-refractivity contribution < 1.29 is 37.7 Å². The molecule has 4 heterocycles. The maximum Gasteiger partial charge on any atom is 0.341 e. The summed E-state index contributed by atoms with van der Waals surface area (Å²) in [6.07, 6.45) is 2.98. The van der Waals surface area contributed by atoms with E-state index >= 15 is 4.39 Å². The molecule has 13 heteroatoms. The van der Waals surface area contributed by atoms with Crippen molar-refractivity contribution in [2.75, 3.05) is 39.2 Å². The van der Waals surface area contributed by atoms with Gasteiger partial charge in [-0.15, -0.1) is 0 Å². The fourth-order valence-corrected chi connectivity index (χ4v) is 7.11. The van der Waals surface area contributed by atoms with E-state index in [1.807, 2.05) is 18.2 Å². The normalized spacial score (nSPS) is 19.3. The lowest BCUT2D eigenvalue weighted by molar-refractivity contribution is -0.605. The molecule has 7 rings (SSSR count). The van der Waals surface area contributed by atoms with Crippen molar-refractivity contribution in [3.63, 3.8) is 0 Å². The number of benzene rings is 3. The van der Waals surface area contributed by atoms with E-state index in [0.717, 1.165) is 44.4 Å². The molecular formula is C37H36Cl2FN3O7. The van der Waals surface area contributed by atoms with Crippen LogP contribution < -0.4 is 19.5 Å². The van der Waals surface area contributed by atoms with Gasteiger partial charge in [-0.2, -0.15) is 4.73 Å². The van der Waals surface area contributed by atoms with Gasteiger partial charge in [0.2, 0.25) is 0 Å². The second-order valence-electron chi connectivity index (χ2n) is 12.3. The summed E-state index contributed by atoms with van der Waals surface area (Å²) in [5.41, 5.74) is 1.41. The second-order valence-corrected chi connectivity index (χ2v) is 13.1. The van der Waals surface area contributed by atoms with Crippen molar-refractivity contribution in [2.45, 2.75) is 37.5 Å². The lowest BCUT2D eigenvalue weighted by Crippen LogP contribution is -2.52. The maximum absolute atomic E-state index is 15.7. The summed E-state index contributed by atoms with van der Waals surface area (Å²) in [4.78, 5) is 29.4. The van der Waals surface area contributed by atoms with Gasteiger partial charge in [0.25, 0.3) is 0 Å². The molecule has 50 heavy (non-hydrogen) atoms. The van der Waals surface area contributed by atoms with E-state index in [0.29, 0.717) is 45.4 Å². The first-order valence-corrected chi connectivity index (χ1v) is 16.9.